The highest BCUT2D eigenvalue weighted by Crippen LogP contribution is 2.05. The first-order valence-electron chi connectivity index (χ1n) is 4.57. The molecule has 0 radical (unpaired) electrons. The third kappa shape index (κ3) is 3.06. The lowest BCUT2D eigenvalue weighted by atomic mass is 10.1. The second-order valence-corrected chi connectivity index (χ2v) is 3.22. The lowest BCUT2D eigenvalue weighted by Gasteiger charge is -2.06. The number of amides is 1. The molecule has 1 amide bonds. The number of benzene rings is 1. The maximum Gasteiger partial charge on any atom is 0.254 e. The number of hydrogen-bond donors (Lipinski definition) is 1. The third-order valence-corrected chi connectivity index (χ3v) is 1.91. The Kier molecular flexibility index (Phi) is 3.81. The van der Waals surface area contributed by atoms with Crippen LogP contribution in [0.1, 0.15) is 17.3 Å². The summed E-state index contributed by atoms with van der Waals surface area (Å²) in [5.41, 5.74) is 0.00244. The van der Waals surface area contributed by atoms with Gasteiger partial charge in [0.25, 0.3) is 5.91 Å². The van der Waals surface area contributed by atoms with Crippen LogP contribution >= 0.6 is 0 Å². The van der Waals surface area contributed by atoms with E-state index in [2.05, 4.69) is 5.32 Å². The molecule has 1 rings (SSSR count). The number of rotatable bonds is 3. The van der Waals surface area contributed by atoms with Gasteiger partial charge < -0.3 is 5.32 Å². The number of halogens is 1. The second kappa shape index (κ2) is 5.11. The van der Waals surface area contributed by atoms with Crippen LogP contribution < -0.4 is 5.32 Å². The molecule has 3 nitrogen and oxygen atoms in total. The molecule has 0 fully saturated rings. The van der Waals surface area contributed by atoms with Crippen molar-refractivity contribution in [3.63, 3.8) is 0 Å². The van der Waals surface area contributed by atoms with Crippen molar-refractivity contribution in [3.8, 4) is 6.07 Å². The Labute approximate surface area is 87.5 Å². The molecule has 0 heterocycles. The molecule has 0 aliphatic rings. The minimum Gasteiger partial charge on any atom is -0.351 e. The van der Waals surface area contributed by atoms with Crippen LogP contribution in [0.3, 0.4) is 0 Å². The van der Waals surface area contributed by atoms with Crippen LogP contribution in [-0.4, -0.2) is 12.5 Å². The molecule has 15 heavy (non-hydrogen) atoms. The molecule has 1 aromatic carbocycles. The van der Waals surface area contributed by atoms with Gasteiger partial charge in [0.05, 0.1) is 17.6 Å². The average Bonchev–Trinajstić information content (AvgIpc) is 2.26. The Morgan fingerprint density at radius 1 is 1.60 bits per heavy atom. The lowest BCUT2D eigenvalue weighted by molar-refractivity contribution is 0.0947. The molecule has 0 aromatic heterocycles. The van der Waals surface area contributed by atoms with Crippen molar-refractivity contribution in [1.82, 2.24) is 5.32 Å². The monoisotopic (exact) mass is 206 g/mol. The highest BCUT2D eigenvalue weighted by atomic mass is 19.1. The van der Waals surface area contributed by atoms with Gasteiger partial charge in [-0.3, -0.25) is 4.79 Å². The summed E-state index contributed by atoms with van der Waals surface area (Å²) in [7, 11) is 0. The Bertz CT molecular complexity index is 398. The number of hydrogen-bond acceptors (Lipinski definition) is 2. The number of carbonyl (C=O) groups is 1. The van der Waals surface area contributed by atoms with Gasteiger partial charge in [-0.25, -0.2) is 4.39 Å². The number of nitrogens with zero attached hydrogens (tertiary/aromatic N) is 1. The van der Waals surface area contributed by atoms with Crippen LogP contribution in [0, 0.1) is 23.1 Å². The number of nitriles is 1. The Balaban J connectivity index is 2.63. The van der Waals surface area contributed by atoms with Crippen molar-refractivity contribution in [2.45, 2.75) is 6.92 Å². The van der Waals surface area contributed by atoms with E-state index in [1.165, 1.54) is 18.2 Å². The van der Waals surface area contributed by atoms with Crippen molar-refractivity contribution < 1.29 is 9.18 Å². The fraction of sp³-hybridized carbons (Fsp3) is 0.273. The zero-order chi connectivity index (χ0) is 11.3. The smallest absolute Gasteiger partial charge is 0.254 e. The minimum atomic E-state index is -0.556. The zero-order valence-corrected chi connectivity index (χ0v) is 8.33. The van der Waals surface area contributed by atoms with E-state index in [0.29, 0.717) is 0 Å². The van der Waals surface area contributed by atoms with Gasteiger partial charge in [0.1, 0.15) is 5.82 Å². The first-order valence-corrected chi connectivity index (χ1v) is 4.57. The van der Waals surface area contributed by atoms with E-state index in [4.69, 9.17) is 5.26 Å². The Hall–Kier alpha value is -1.89. The highest BCUT2D eigenvalue weighted by Gasteiger charge is 2.10. The summed E-state index contributed by atoms with van der Waals surface area (Å²) in [5, 5.41) is 11.0. The average molecular weight is 206 g/mol. The molecule has 1 aromatic rings. The van der Waals surface area contributed by atoms with Crippen molar-refractivity contribution in [2.24, 2.45) is 5.92 Å². The van der Waals surface area contributed by atoms with Gasteiger partial charge in [-0.2, -0.15) is 5.26 Å². The molecule has 78 valence electrons. The maximum absolute atomic E-state index is 13.1. The normalized spacial score (nSPS) is 11.5. The largest absolute Gasteiger partial charge is 0.351 e. The molecule has 1 unspecified atom stereocenters. The van der Waals surface area contributed by atoms with E-state index in [9.17, 15) is 9.18 Å². The molecular formula is C11H11FN2O. The van der Waals surface area contributed by atoms with Crippen LogP contribution in [0.15, 0.2) is 24.3 Å². The van der Waals surface area contributed by atoms with Crippen molar-refractivity contribution in [1.29, 1.82) is 5.26 Å². The van der Waals surface area contributed by atoms with E-state index in [1.807, 2.05) is 6.07 Å². The summed E-state index contributed by atoms with van der Waals surface area (Å²) in [4.78, 5) is 11.4. The zero-order valence-electron chi connectivity index (χ0n) is 8.33. The minimum absolute atomic E-state index is 0.00244. The van der Waals surface area contributed by atoms with Crippen LogP contribution in [-0.2, 0) is 0 Å². The van der Waals surface area contributed by atoms with Gasteiger partial charge in [0.15, 0.2) is 0 Å². The summed E-state index contributed by atoms with van der Waals surface area (Å²) in [5.74, 6) is -1.32. The molecule has 0 aliphatic heterocycles. The van der Waals surface area contributed by atoms with Gasteiger partial charge in [0, 0.05) is 6.54 Å². The van der Waals surface area contributed by atoms with E-state index in [0.717, 1.165) is 0 Å². The lowest BCUT2D eigenvalue weighted by Crippen LogP contribution is -2.28. The van der Waals surface area contributed by atoms with Gasteiger partial charge >= 0.3 is 0 Å². The summed E-state index contributed by atoms with van der Waals surface area (Å²) < 4.78 is 13.1. The maximum atomic E-state index is 13.1. The standard InChI is InChI=1S/C11H11FN2O/c1-8(6-13)7-14-11(15)9-4-2-3-5-10(9)12/h2-5,8H,7H2,1H3,(H,14,15). The molecule has 1 atom stereocenters. The molecule has 0 bridgehead atoms. The van der Waals surface area contributed by atoms with Gasteiger partial charge in [-0.15, -0.1) is 0 Å². The summed E-state index contributed by atoms with van der Waals surface area (Å²) in [6, 6.07) is 7.71. The van der Waals surface area contributed by atoms with Crippen LogP contribution in [0.5, 0.6) is 0 Å². The van der Waals surface area contributed by atoms with Crippen LogP contribution in [0.4, 0.5) is 4.39 Å². The van der Waals surface area contributed by atoms with Crippen molar-refractivity contribution in [3.05, 3.63) is 35.6 Å². The van der Waals surface area contributed by atoms with E-state index in [1.54, 1.807) is 13.0 Å². The number of nitrogens with one attached hydrogen (secondary N) is 1. The predicted octanol–water partition coefficient (Wildman–Crippen LogP) is 1.72. The van der Waals surface area contributed by atoms with Crippen molar-refractivity contribution >= 4 is 5.91 Å². The van der Waals surface area contributed by atoms with E-state index in [-0.39, 0.29) is 18.0 Å². The molecule has 0 saturated carbocycles. The molecule has 1 N–H and O–H groups in total. The quantitative estimate of drug-likeness (QED) is 0.818. The first-order chi connectivity index (χ1) is 7.15. The summed E-state index contributed by atoms with van der Waals surface area (Å²) in [6.07, 6.45) is 0. The topological polar surface area (TPSA) is 52.9 Å². The van der Waals surface area contributed by atoms with Crippen LogP contribution in [0.2, 0.25) is 0 Å². The van der Waals surface area contributed by atoms with Gasteiger partial charge in [-0.1, -0.05) is 12.1 Å². The predicted molar refractivity (Wildman–Crippen MR) is 53.5 cm³/mol. The van der Waals surface area contributed by atoms with Gasteiger partial charge in [0.2, 0.25) is 0 Å². The SMILES string of the molecule is CC(C#N)CNC(=O)c1ccccc1F. The molecular weight excluding hydrogens is 195 g/mol. The molecule has 0 saturated heterocycles. The Morgan fingerprint density at radius 3 is 2.87 bits per heavy atom. The molecule has 0 spiro atoms. The van der Waals surface area contributed by atoms with Crippen molar-refractivity contribution in [2.75, 3.05) is 6.54 Å². The fourth-order valence-electron chi connectivity index (χ4n) is 1.03. The Morgan fingerprint density at radius 2 is 2.27 bits per heavy atom. The van der Waals surface area contributed by atoms with E-state index >= 15 is 0 Å². The first kappa shape index (κ1) is 11.2. The third-order valence-electron chi connectivity index (χ3n) is 1.91. The molecule has 4 heteroatoms. The number of carbonyl (C=O) groups excluding carboxylic acids is 1. The second-order valence-electron chi connectivity index (χ2n) is 3.22. The summed E-state index contributed by atoms with van der Waals surface area (Å²) in [6.45, 7) is 1.91. The van der Waals surface area contributed by atoms with E-state index < -0.39 is 11.7 Å². The highest BCUT2D eigenvalue weighted by molar-refractivity contribution is 5.94. The van der Waals surface area contributed by atoms with Gasteiger partial charge in [-0.05, 0) is 19.1 Å². The summed E-state index contributed by atoms with van der Waals surface area (Å²) >= 11 is 0. The van der Waals surface area contributed by atoms with Crippen LogP contribution in [0.25, 0.3) is 0 Å². The fourth-order valence-corrected chi connectivity index (χ4v) is 1.03. The molecule has 0 aliphatic carbocycles.